The zero-order chi connectivity index (χ0) is 12.6. The van der Waals surface area contributed by atoms with Gasteiger partial charge in [-0.3, -0.25) is 0 Å². The second-order valence-electron chi connectivity index (χ2n) is 4.87. The van der Waals surface area contributed by atoms with E-state index in [4.69, 9.17) is 4.74 Å². The molecule has 1 nitrogen and oxygen atoms in total. The highest BCUT2D eigenvalue weighted by Crippen LogP contribution is 2.08. The molecular formula is C16H32O. The largest absolute Gasteiger partial charge is 0.381 e. The molecule has 0 aliphatic rings. The summed E-state index contributed by atoms with van der Waals surface area (Å²) in [6.45, 7) is 7.88. The van der Waals surface area contributed by atoms with E-state index in [0.717, 1.165) is 19.6 Å². The van der Waals surface area contributed by atoms with Crippen molar-refractivity contribution in [2.24, 2.45) is 0 Å². The molecule has 1 heteroatoms. The van der Waals surface area contributed by atoms with Crippen LogP contribution in [0.5, 0.6) is 0 Å². The van der Waals surface area contributed by atoms with Crippen LogP contribution in [0.1, 0.15) is 77.6 Å². The first-order valence-corrected chi connectivity index (χ1v) is 7.60. The Bertz CT molecular complexity index is 142. The van der Waals surface area contributed by atoms with Gasteiger partial charge >= 0.3 is 0 Å². The lowest BCUT2D eigenvalue weighted by atomic mass is 10.1. The van der Waals surface area contributed by atoms with E-state index in [-0.39, 0.29) is 0 Å². The van der Waals surface area contributed by atoms with Crippen molar-refractivity contribution in [1.29, 1.82) is 0 Å². The van der Waals surface area contributed by atoms with Gasteiger partial charge in [0.1, 0.15) is 0 Å². The molecule has 17 heavy (non-hydrogen) atoms. The first kappa shape index (κ1) is 16.7. The SMILES string of the molecule is C=CCCCCOCCCCCCCCCC. The van der Waals surface area contributed by atoms with Crippen LogP contribution in [-0.2, 0) is 4.74 Å². The summed E-state index contributed by atoms with van der Waals surface area (Å²) in [5.41, 5.74) is 0. The van der Waals surface area contributed by atoms with E-state index in [9.17, 15) is 0 Å². The number of unbranched alkanes of at least 4 members (excludes halogenated alkanes) is 9. The molecule has 0 aromatic heterocycles. The van der Waals surface area contributed by atoms with E-state index in [2.05, 4.69) is 13.5 Å². The molecule has 0 rings (SSSR count). The zero-order valence-electron chi connectivity index (χ0n) is 11.9. The molecule has 0 atom stereocenters. The van der Waals surface area contributed by atoms with Crippen LogP contribution in [-0.4, -0.2) is 13.2 Å². The molecule has 0 bridgehead atoms. The molecule has 0 radical (unpaired) electrons. The van der Waals surface area contributed by atoms with Crippen LogP contribution in [0.3, 0.4) is 0 Å². The molecule has 102 valence electrons. The van der Waals surface area contributed by atoms with Gasteiger partial charge in [0, 0.05) is 13.2 Å². The molecule has 0 heterocycles. The molecule has 0 spiro atoms. The fourth-order valence-corrected chi connectivity index (χ4v) is 1.93. The van der Waals surface area contributed by atoms with E-state index < -0.39 is 0 Å². The summed E-state index contributed by atoms with van der Waals surface area (Å²) in [7, 11) is 0. The van der Waals surface area contributed by atoms with Gasteiger partial charge in [-0.2, -0.15) is 0 Å². The average molecular weight is 240 g/mol. The van der Waals surface area contributed by atoms with Crippen molar-refractivity contribution in [3.63, 3.8) is 0 Å². The van der Waals surface area contributed by atoms with Crippen LogP contribution < -0.4 is 0 Å². The smallest absolute Gasteiger partial charge is 0.0466 e. The van der Waals surface area contributed by atoms with E-state index >= 15 is 0 Å². The molecular weight excluding hydrogens is 208 g/mol. The molecule has 0 fully saturated rings. The zero-order valence-corrected chi connectivity index (χ0v) is 11.9. The predicted octanol–water partition coefficient (Wildman–Crippen LogP) is 5.50. The van der Waals surface area contributed by atoms with E-state index in [0.29, 0.717) is 0 Å². The second kappa shape index (κ2) is 15.7. The van der Waals surface area contributed by atoms with E-state index in [1.165, 1.54) is 64.2 Å². The lowest BCUT2D eigenvalue weighted by Crippen LogP contribution is -1.96. The maximum Gasteiger partial charge on any atom is 0.0466 e. The number of hydrogen-bond acceptors (Lipinski definition) is 1. The third kappa shape index (κ3) is 15.7. The Morgan fingerprint density at radius 2 is 1.29 bits per heavy atom. The van der Waals surface area contributed by atoms with Crippen molar-refractivity contribution < 1.29 is 4.74 Å². The van der Waals surface area contributed by atoms with Crippen LogP contribution in [0.2, 0.25) is 0 Å². The van der Waals surface area contributed by atoms with E-state index in [1.54, 1.807) is 0 Å². The molecule has 0 aromatic rings. The van der Waals surface area contributed by atoms with Gasteiger partial charge in [-0.25, -0.2) is 0 Å². The third-order valence-electron chi connectivity index (χ3n) is 3.09. The molecule has 0 aliphatic carbocycles. The van der Waals surface area contributed by atoms with Crippen LogP contribution in [0, 0.1) is 0 Å². The third-order valence-corrected chi connectivity index (χ3v) is 3.09. The Hall–Kier alpha value is -0.300. The monoisotopic (exact) mass is 240 g/mol. The number of hydrogen-bond donors (Lipinski definition) is 0. The lowest BCUT2D eigenvalue weighted by Gasteiger charge is -2.04. The van der Waals surface area contributed by atoms with Crippen molar-refractivity contribution >= 4 is 0 Å². The summed E-state index contributed by atoms with van der Waals surface area (Å²) in [5.74, 6) is 0. The maximum absolute atomic E-state index is 5.59. The predicted molar refractivity (Wildman–Crippen MR) is 77.5 cm³/mol. The van der Waals surface area contributed by atoms with Gasteiger partial charge in [-0.05, 0) is 25.7 Å². The van der Waals surface area contributed by atoms with Gasteiger partial charge in [0.25, 0.3) is 0 Å². The first-order valence-electron chi connectivity index (χ1n) is 7.60. The Morgan fingerprint density at radius 1 is 0.765 bits per heavy atom. The minimum Gasteiger partial charge on any atom is -0.381 e. The Balaban J connectivity index is 2.87. The van der Waals surface area contributed by atoms with Crippen molar-refractivity contribution in [1.82, 2.24) is 0 Å². The quantitative estimate of drug-likeness (QED) is 0.288. The molecule has 0 saturated carbocycles. The van der Waals surface area contributed by atoms with Crippen LogP contribution in [0.15, 0.2) is 12.7 Å². The number of ether oxygens (including phenoxy) is 1. The van der Waals surface area contributed by atoms with Crippen molar-refractivity contribution in [2.75, 3.05) is 13.2 Å². The average Bonchev–Trinajstić information content (AvgIpc) is 2.35. The van der Waals surface area contributed by atoms with Crippen LogP contribution in [0.25, 0.3) is 0 Å². The topological polar surface area (TPSA) is 9.23 Å². The Morgan fingerprint density at radius 3 is 1.88 bits per heavy atom. The van der Waals surface area contributed by atoms with Gasteiger partial charge < -0.3 is 4.74 Å². The molecule has 0 amide bonds. The second-order valence-corrected chi connectivity index (χ2v) is 4.87. The molecule has 0 unspecified atom stereocenters. The lowest BCUT2D eigenvalue weighted by molar-refractivity contribution is 0.126. The van der Waals surface area contributed by atoms with Crippen LogP contribution >= 0.6 is 0 Å². The Kier molecular flexibility index (Phi) is 15.4. The van der Waals surface area contributed by atoms with Crippen molar-refractivity contribution in [2.45, 2.75) is 77.6 Å². The van der Waals surface area contributed by atoms with Crippen LogP contribution in [0.4, 0.5) is 0 Å². The maximum atomic E-state index is 5.59. The fourth-order valence-electron chi connectivity index (χ4n) is 1.93. The van der Waals surface area contributed by atoms with Gasteiger partial charge in [0.15, 0.2) is 0 Å². The first-order chi connectivity index (χ1) is 8.41. The highest BCUT2D eigenvalue weighted by Gasteiger charge is 1.92. The highest BCUT2D eigenvalue weighted by atomic mass is 16.5. The summed E-state index contributed by atoms with van der Waals surface area (Å²) in [6, 6.07) is 0. The van der Waals surface area contributed by atoms with Gasteiger partial charge in [0.05, 0.1) is 0 Å². The fraction of sp³-hybridized carbons (Fsp3) is 0.875. The van der Waals surface area contributed by atoms with Crippen molar-refractivity contribution in [3.8, 4) is 0 Å². The standard InChI is InChI=1S/C16H32O/c1-3-5-7-9-10-11-12-14-16-17-15-13-8-6-4-2/h4H,2-3,5-16H2,1H3. The summed E-state index contributed by atoms with van der Waals surface area (Å²) >= 11 is 0. The van der Waals surface area contributed by atoms with Gasteiger partial charge in [-0.1, -0.05) is 57.9 Å². The van der Waals surface area contributed by atoms with Gasteiger partial charge in [0.2, 0.25) is 0 Å². The summed E-state index contributed by atoms with van der Waals surface area (Å²) in [4.78, 5) is 0. The summed E-state index contributed by atoms with van der Waals surface area (Å²) < 4.78 is 5.59. The normalized spacial score (nSPS) is 10.6. The van der Waals surface area contributed by atoms with E-state index in [1.807, 2.05) is 6.08 Å². The minimum absolute atomic E-state index is 0.935. The number of rotatable bonds is 14. The van der Waals surface area contributed by atoms with Gasteiger partial charge in [-0.15, -0.1) is 6.58 Å². The minimum atomic E-state index is 0.935. The van der Waals surface area contributed by atoms with Crippen molar-refractivity contribution in [3.05, 3.63) is 12.7 Å². The summed E-state index contributed by atoms with van der Waals surface area (Å²) in [5, 5.41) is 0. The molecule has 0 aromatic carbocycles. The highest BCUT2D eigenvalue weighted by molar-refractivity contribution is 4.65. The Labute approximate surface area is 109 Å². The number of allylic oxidation sites excluding steroid dienone is 1. The summed E-state index contributed by atoms with van der Waals surface area (Å²) in [6.07, 6.45) is 16.5. The molecule has 0 aliphatic heterocycles. The molecule has 0 N–H and O–H groups in total. The molecule has 0 saturated heterocycles.